The van der Waals surface area contributed by atoms with Crippen LogP contribution in [0.4, 0.5) is 0 Å². The van der Waals surface area contributed by atoms with Gasteiger partial charge >= 0.3 is 115 Å². The summed E-state index contributed by atoms with van der Waals surface area (Å²) in [6.45, 7) is 3.34. The molecule has 0 atom stereocenters. The number of carbonyl (C=O) groups excluding carboxylic acids is 2. The van der Waals surface area contributed by atoms with E-state index in [-0.39, 0.29) is 115 Å². The van der Waals surface area contributed by atoms with E-state index >= 15 is 0 Å². The summed E-state index contributed by atoms with van der Waals surface area (Å²) < 4.78 is 8.62. The normalized spacial score (nSPS) is 7.23. The van der Waals surface area contributed by atoms with Crippen LogP contribution in [0, 0.1) is 0 Å². The monoisotopic (exact) mass is 238 g/mol. The summed E-state index contributed by atoms with van der Waals surface area (Å²) >= 11 is 0. The average molecular weight is 238 g/mol. The molecular formula is C7H12K2O4. The Morgan fingerprint density at radius 1 is 1.15 bits per heavy atom. The first-order valence-electron chi connectivity index (χ1n) is 2.94. The second kappa shape index (κ2) is 12.0. The van der Waals surface area contributed by atoms with Gasteiger partial charge in [-0.1, -0.05) is 6.58 Å². The van der Waals surface area contributed by atoms with Crippen LogP contribution < -0.4 is 0 Å². The van der Waals surface area contributed by atoms with E-state index in [2.05, 4.69) is 16.1 Å². The minimum atomic E-state index is -0.588. The van der Waals surface area contributed by atoms with E-state index in [9.17, 15) is 9.59 Å². The van der Waals surface area contributed by atoms with Crippen molar-refractivity contribution >= 4 is 115 Å². The van der Waals surface area contributed by atoms with E-state index in [0.717, 1.165) is 0 Å². The summed E-state index contributed by atoms with van der Waals surface area (Å²) in [6, 6.07) is 0. The van der Waals surface area contributed by atoms with Crippen molar-refractivity contribution in [2.24, 2.45) is 0 Å². The van der Waals surface area contributed by atoms with Gasteiger partial charge in [-0.2, -0.15) is 0 Å². The van der Waals surface area contributed by atoms with Crippen molar-refractivity contribution in [2.45, 2.75) is 6.42 Å². The molecule has 0 aliphatic rings. The molecule has 66 valence electrons. The van der Waals surface area contributed by atoms with Crippen molar-refractivity contribution in [2.75, 3.05) is 14.2 Å². The van der Waals surface area contributed by atoms with Gasteiger partial charge in [0.05, 0.1) is 20.6 Å². The molecule has 6 heteroatoms. The molecule has 0 saturated heterocycles. The van der Waals surface area contributed by atoms with Crippen molar-refractivity contribution in [1.29, 1.82) is 0 Å². The van der Waals surface area contributed by atoms with Gasteiger partial charge in [-0.25, -0.2) is 4.79 Å². The number of methoxy groups -OCH3 is 2. The average Bonchev–Trinajstić information content (AvgIpc) is 2.02. The molecule has 0 bridgehead atoms. The summed E-state index contributed by atoms with van der Waals surface area (Å²) in [7, 11) is 2.47. The zero-order chi connectivity index (χ0) is 8.85. The number of ether oxygens (including phenoxy) is 2. The van der Waals surface area contributed by atoms with Crippen LogP contribution >= 0.6 is 0 Å². The Bertz CT molecular complexity index is 191. The van der Waals surface area contributed by atoms with Gasteiger partial charge in [-0.05, 0) is 0 Å². The van der Waals surface area contributed by atoms with Crippen molar-refractivity contribution in [3.05, 3.63) is 12.2 Å². The molecule has 0 amide bonds. The number of hydrogen-bond acceptors (Lipinski definition) is 4. The van der Waals surface area contributed by atoms with Gasteiger partial charge in [0, 0.05) is 5.57 Å². The van der Waals surface area contributed by atoms with E-state index in [0.29, 0.717) is 0 Å². The molecule has 0 fully saturated rings. The van der Waals surface area contributed by atoms with E-state index in [4.69, 9.17) is 0 Å². The summed E-state index contributed by atoms with van der Waals surface area (Å²) in [5, 5.41) is 0. The van der Waals surface area contributed by atoms with Crippen molar-refractivity contribution < 1.29 is 19.1 Å². The Hall–Kier alpha value is 1.95. The fourth-order valence-corrected chi connectivity index (χ4v) is 0.463. The minimum absolute atomic E-state index is 0. The van der Waals surface area contributed by atoms with E-state index in [1.54, 1.807) is 0 Å². The maximum atomic E-state index is 10.6. The number of hydrogen-bond donors (Lipinski definition) is 0. The summed E-state index contributed by atoms with van der Waals surface area (Å²) in [4.78, 5) is 21.2. The van der Waals surface area contributed by atoms with Crippen LogP contribution in [0.5, 0.6) is 0 Å². The third-order valence-corrected chi connectivity index (χ3v) is 1.06. The molecule has 0 spiro atoms. The Morgan fingerprint density at radius 3 is 1.92 bits per heavy atom. The molecule has 0 radical (unpaired) electrons. The van der Waals surface area contributed by atoms with Gasteiger partial charge in [-0.3, -0.25) is 4.79 Å². The molecule has 0 aromatic heterocycles. The molecule has 0 N–H and O–H groups in total. The molecule has 0 heterocycles. The van der Waals surface area contributed by atoms with Crippen LogP contribution in [0.15, 0.2) is 12.2 Å². The molecular weight excluding hydrogens is 226 g/mol. The molecule has 13 heavy (non-hydrogen) atoms. The number of carbonyl (C=O) groups is 2. The summed E-state index contributed by atoms with van der Waals surface area (Å²) in [6.07, 6.45) is -0.122. The molecule has 0 aromatic carbocycles. The molecule has 0 rings (SSSR count). The fraction of sp³-hybridized carbons (Fsp3) is 0.429. The zero-order valence-corrected chi connectivity index (χ0v) is 6.55. The predicted octanol–water partition coefficient (Wildman–Crippen LogP) is -1.02. The number of esters is 2. The molecule has 0 aliphatic carbocycles. The summed E-state index contributed by atoms with van der Waals surface area (Å²) in [5.74, 6) is -1.09. The van der Waals surface area contributed by atoms with Crippen LogP contribution in [0.2, 0.25) is 0 Å². The standard InChI is InChI=1S/C7H10O4.2K.2H/c1-5(7(9)11-3)4-6(8)10-2;;;;/h1,4H2,2-3H3;;;;. The van der Waals surface area contributed by atoms with Crippen LogP contribution in [0.3, 0.4) is 0 Å². The van der Waals surface area contributed by atoms with E-state index in [1.807, 2.05) is 0 Å². The van der Waals surface area contributed by atoms with Crippen LogP contribution in [-0.4, -0.2) is 129 Å². The van der Waals surface area contributed by atoms with E-state index in [1.165, 1.54) is 14.2 Å². The Kier molecular flexibility index (Phi) is 18.8. The number of rotatable bonds is 3. The third kappa shape index (κ3) is 10.2. The topological polar surface area (TPSA) is 52.6 Å². The van der Waals surface area contributed by atoms with Gasteiger partial charge in [0.15, 0.2) is 0 Å². The second-order valence-electron chi connectivity index (χ2n) is 1.85. The Morgan fingerprint density at radius 2 is 1.62 bits per heavy atom. The molecule has 0 saturated carbocycles. The second-order valence-corrected chi connectivity index (χ2v) is 1.85. The SMILES string of the molecule is C=C(CC(=O)OC)C(=O)OC.[KH].[KH]. The molecule has 4 nitrogen and oxygen atoms in total. The molecule has 0 unspecified atom stereocenters. The molecule has 0 aliphatic heterocycles. The quantitative estimate of drug-likeness (QED) is 0.359. The first-order chi connectivity index (χ1) is 5.11. The first-order valence-corrected chi connectivity index (χ1v) is 2.94. The summed E-state index contributed by atoms with van der Waals surface area (Å²) in [5.41, 5.74) is 0.0966. The third-order valence-electron chi connectivity index (χ3n) is 1.06. The molecule has 0 aromatic rings. The van der Waals surface area contributed by atoms with Gasteiger partial charge in [0.2, 0.25) is 0 Å². The van der Waals surface area contributed by atoms with Crippen LogP contribution in [-0.2, 0) is 19.1 Å². The van der Waals surface area contributed by atoms with Crippen molar-refractivity contribution in [3.8, 4) is 0 Å². The van der Waals surface area contributed by atoms with Gasteiger partial charge in [-0.15, -0.1) is 0 Å². The van der Waals surface area contributed by atoms with Crippen molar-refractivity contribution in [3.63, 3.8) is 0 Å². The van der Waals surface area contributed by atoms with Gasteiger partial charge in [0.25, 0.3) is 0 Å². The van der Waals surface area contributed by atoms with Gasteiger partial charge < -0.3 is 9.47 Å². The zero-order valence-electron chi connectivity index (χ0n) is 6.55. The van der Waals surface area contributed by atoms with Crippen LogP contribution in [0.1, 0.15) is 6.42 Å². The fourth-order valence-electron chi connectivity index (χ4n) is 0.463. The Balaban J connectivity index is -0.000000500. The maximum absolute atomic E-state index is 10.6. The van der Waals surface area contributed by atoms with Crippen molar-refractivity contribution in [1.82, 2.24) is 0 Å². The Labute approximate surface area is 163 Å². The predicted molar refractivity (Wildman–Crippen MR) is 52.1 cm³/mol. The van der Waals surface area contributed by atoms with Gasteiger partial charge in [0.1, 0.15) is 0 Å². The first kappa shape index (κ1) is 20.4. The van der Waals surface area contributed by atoms with E-state index < -0.39 is 11.9 Å². The van der Waals surface area contributed by atoms with Crippen LogP contribution in [0.25, 0.3) is 0 Å².